The largest absolute Gasteiger partial charge is 0.369 e. The van der Waals surface area contributed by atoms with E-state index >= 15 is 0 Å². The minimum Gasteiger partial charge on any atom is -0.369 e. The summed E-state index contributed by atoms with van der Waals surface area (Å²) in [4.78, 5) is 3.89. The maximum Gasteiger partial charge on any atom is 0.200 e. The molecule has 1 aromatic carbocycles. The van der Waals surface area contributed by atoms with Gasteiger partial charge in [-0.05, 0) is 18.2 Å². The lowest BCUT2D eigenvalue weighted by Crippen LogP contribution is -1.99. The van der Waals surface area contributed by atoms with Gasteiger partial charge in [0.05, 0.1) is 11.9 Å². The van der Waals surface area contributed by atoms with Crippen LogP contribution in [0.5, 0.6) is 0 Å². The van der Waals surface area contributed by atoms with Crippen LogP contribution >= 0.6 is 11.6 Å². The molecule has 0 aliphatic heterocycles. The Balaban J connectivity index is 2.63. The predicted octanol–water partition coefficient (Wildman–Crippen LogP) is 2.46. The van der Waals surface area contributed by atoms with Gasteiger partial charge < -0.3 is 10.3 Å². The molecule has 0 aliphatic carbocycles. The van der Waals surface area contributed by atoms with E-state index in [1.54, 1.807) is 17.7 Å². The summed E-state index contributed by atoms with van der Waals surface area (Å²) in [6, 6.07) is 4.37. The second kappa shape index (κ2) is 3.55. The third-order valence-corrected chi connectivity index (χ3v) is 2.46. The van der Waals surface area contributed by atoms with E-state index in [1.165, 1.54) is 18.3 Å². The number of anilines is 1. The van der Waals surface area contributed by atoms with Gasteiger partial charge in [0, 0.05) is 17.6 Å². The highest BCUT2D eigenvalue weighted by Gasteiger charge is 2.11. The summed E-state index contributed by atoms with van der Waals surface area (Å²) >= 11 is 5.80. The first kappa shape index (κ1) is 9.98. The second-order valence-electron chi connectivity index (χ2n) is 3.18. The first-order chi connectivity index (χ1) is 7.09. The number of hydrogen-bond donors (Lipinski definition) is 1. The molecule has 0 saturated carbocycles. The Bertz CT molecular complexity index is 507. The molecule has 0 amide bonds. The summed E-state index contributed by atoms with van der Waals surface area (Å²) in [6.45, 7) is 0. The molecule has 0 saturated heterocycles. The van der Waals surface area contributed by atoms with E-state index in [9.17, 15) is 4.39 Å². The molecule has 1 heterocycles. The van der Waals surface area contributed by atoms with Crippen LogP contribution < -0.4 is 5.73 Å². The summed E-state index contributed by atoms with van der Waals surface area (Å²) < 4.78 is 15.1. The molecule has 0 fully saturated rings. The normalized spacial score (nSPS) is 10.6. The molecule has 0 radical (unpaired) electrons. The van der Waals surface area contributed by atoms with Crippen molar-refractivity contribution in [1.29, 1.82) is 0 Å². The standard InChI is InChI=1S/C10H9ClFN3/c1-15-9(5-14-10(15)13)7-4-6(11)2-3-8(7)12/h2-5H,1H3,(H2,13,14). The second-order valence-corrected chi connectivity index (χ2v) is 3.62. The van der Waals surface area contributed by atoms with E-state index in [0.29, 0.717) is 22.2 Å². The number of nitrogens with two attached hydrogens (primary N) is 1. The van der Waals surface area contributed by atoms with Crippen LogP contribution in [0.4, 0.5) is 10.3 Å². The smallest absolute Gasteiger partial charge is 0.200 e. The molecule has 2 rings (SSSR count). The van der Waals surface area contributed by atoms with Crippen LogP contribution in [0.25, 0.3) is 11.3 Å². The highest BCUT2D eigenvalue weighted by Crippen LogP contribution is 2.26. The number of hydrogen-bond acceptors (Lipinski definition) is 2. The van der Waals surface area contributed by atoms with E-state index in [-0.39, 0.29) is 5.82 Å². The molecule has 78 valence electrons. The lowest BCUT2D eigenvalue weighted by molar-refractivity contribution is 0.630. The van der Waals surface area contributed by atoms with Crippen molar-refractivity contribution in [1.82, 2.24) is 9.55 Å². The highest BCUT2D eigenvalue weighted by molar-refractivity contribution is 6.30. The Labute approximate surface area is 91.3 Å². The molecular formula is C10H9ClFN3. The SMILES string of the molecule is Cn1c(-c2cc(Cl)ccc2F)cnc1N. The van der Waals surface area contributed by atoms with Gasteiger partial charge in [-0.15, -0.1) is 0 Å². The number of aromatic nitrogens is 2. The molecular weight excluding hydrogens is 217 g/mol. The molecule has 3 nitrogen and oxygen atoms in total. The average Bonchev–Trinajstić information content (AvgIpc) is 2.52. The summed E-state index contributed by atoms with van der Waals surface area (Å²) in [7, 11) is 1.72. The van der Waals surface area contributed by atoms with E-state index in [2.05, 4.69) is 4.98 Å². The fraction of sp³-hybridized carbons (Fsp3) is 0.100. The van der Waals surface area contributed by atoms with Crippen molar-refractivity contribution in [3.63, 3.8) is 0 Å². The maximum absolute atomic E-state index is 13.5. The van der Waals surface area contributed by atoms with Gasteiger partial charge in [0.25, 0.3) is 0 Å². The number of benzene rings is 1. The lowest BCUT2D eigenvalue weighted by Gasteiger charge is -2.05. The van der Waals surface area contributed by atoms with Crippen LogP contribution in [0.2, 0.25) is 5.02 Å². The van der Waals surface area contributed by atoms with Gasteiger partial charge in [-0.25, -0.2) is 9.37 Å². The number of nitrogen functional groups attached to an aromatic ring is 1. The Hall–Kier alpha value is -1.55. The molecule has 15 heavy (non-hydrogen) atoms. The topological polar surface area (TPSA) is 43.8 Å². The molecule has 5 heteroatoms. The molecule has 2 N–H and O–H groups in total. The van der Waals surface area contributed by atoms with Crippen molar-refractivity contribution in [2.75, 3.05) is 5.73 Å². The van der Waals surface area contributed by atoms with Crippen LogP contribution in [-0.4, -0.2) is 9.55 Å². The summed E-state index contributed by atoms with van der Waals surface area (Å²) in [5, 5.41) is 0.478. The molecule has 0 atom stereocenters. The van der Waals surface area contributed by atoms with Crippen LogP contribution in [-0.2, 0) is 7.05 Å². The van der Waals surface area contributed by atoms with Gasteiger partial charge in [-0.3, -0.25) is 0 Å². The minimum absolute atomic E-state index is 0.337. The zero-order chi connectivity index (χ0) is 11.0. The zero-order valence-electron chi connectivity index (χ0n) is 8.04. The number of halogens is 2. The number of nitrogens with zero attached hydrogens (tertiary/aromatic N) is 2. The maximum atomic E-state index is 13.5. The van der Waals surface area contributed by atoms with Crippen molar-refractivity contribution in [2.24, 2.45) is 7.05 Å². The molecule has 0 spiro atoms. The van der Waals surface area contributed by atoms with Crippen molar-refractivity contribution >= 4 is 17.5 Å². The van der Waals surface area contributed by atoms with Gasteiger partial charge in [-0.2, -0.15) is 0 Å². The minimum atomic E-state index is -0.345. The highest BCUT2D eigenvalue weighted by atomic mass is 35.5. The predicted molar refractivity (Wildman–Crippen MR) is 58.0 cm³/mol. The van der Waals surface area contributed by atoms with Gasteiger partial charge in [0.2, 0.25) is 0 Å². The van der Waals surface area contributed by atoms with E-state index < -0.39 is 0 Å². The van der Waals surface area contributed by atoms with Crippen LogP contribution in [0.1, 0.15) is 0 Å². The van der Waals surface area contributed by atoms with Crippen molar-refractivity contribution in [3.8, 4) is 11.3 Å². The Kier molecular flexibility index (Phi) is 2.36. The van der Waals surface area contributed by atoms with Crippen LogP contribution in [0.15, 0.2) is 24.4 Å². The van der Waals surface area contributed by atoms with Gasteiger partial charge in [0.1, 0.15) is 5.82 Å². The lowest BCUT2D eigenvalue weighted by atomic mass is 10.1. The summed E-state index contributed by atoms with van der Waals surface area (Å²) in [5.74, 6) is -0.00762. The third-order valence-electron chi connectivity index (χ3n) is 2.23. The zero-order valence-corrected chi connectivity index (χ0v) is 8.79. The van der Waals surface area contributed by atoms with Crippen molar-refractivity contribution in [2.45, 2.75) is 0 Å². The fourth-order valence-electron chi connectivity index (χ4n) is 1.37. The Morgan fingerprint density at radius 1 is 1.47 bits per heavy atom. The molecule has 1 aromatic heterocycles. The number of rotatable bonds is 1. The quantitative estimate of drug-likeness (QED) is 0.810. The first-order valence-corrected chi connectivity index (χ1v) is 4.70. The fourth-order valence-corrected chi connectivity index (χ4v) is 1.54. The first-order valence-electron chi connectivity index (χ1n) is 4.32. The van der Waals surface area contributed by atoms with Gasteiger partial charge in [0.15, 0.2) is 5.95 Å². The average molecular weight is 226 g/mol. The van der Waals surface area contributed by atoms with Gasteiger partial charge >= 0.3 is 0 Å². The summed E-state index contributed by atoms with van der Waals surface area (Å²) in [6.07, 6.45) is 1.52. The van der Waals surface area contributed by atoms with E-state index in [0.717, 1.165) is 0 Å². The van der Waals surface area contributed by atoms with Crippen molar-refractivity contribution < 1.29 is 4.39 Å². The van der Waals surface area contributed by atoms with Crippen molar-refractivity contribution in [3.05, 3.63) is 35.2 Å². The van der Waals surface area contributed by atoms with E-state index in [4.69, 9.17) is 17.3 Å². The monoisotopic (exact) mass is 225 g/mol. The van der Waals surface area contributed by atoms with Crippen LogP contribution in [0.3, 0.4) is 0 Å². The molecule has 0 aliphatic rings. The Morgan fingerprint density at radius 2 is 2.20 bits per heavy atom. The third kappa shape index (κ3) is 1.68. The van der Waals surface area contributed by atoms with E-state index in [1.807, 2.05) is 0 Å². The molecule has 0 bridgehead atoms. The van der Waals surface area contributed by atoms with Crippen LogP contribution in [0, 0.1) is 5.82 Å². The Morgan fingerprint density at radius 3 is 2.80 bits per heavy atom. The molecule has 2 aromatic rings. The van der Waals surface area contributed by atoms with Gasteiger partial charge in [-0.1, -0.05) is 11.6 Å². The molecule has 0 unspecified atom stereocenters. The summed E-state index contributed by atoms with van der Waals surface area (Å²) in [5.41, 5.74) is 6.56. The number of imidazole rings is 1.